The first-order valence-corrected chi connectivity index (χ1v) is 8.71. The number of primary sulfonamides is 1. The van der Waals surface area contributed by atoms with Gasteiger partial charge in [0.25, 0.3) is 10.0 Å². The molecule has 0 aliphatic carbocycles. The zero-order chi connectivity index (χ0) is 16.5. The van der Waals surface area contributed by atoms with Gasteiger partial charge < -0.3 is 10.0 Å². The zero-order valence-corrected chi connectivity index (χ0v) is 13.6. The van der Waals surface area contributed by atoms with E-state index in [0.717, 1.165) is 19.3 Å². The molecule has 1 amide bonds. The highest BCUT2D eigenvalue weighted by Gasteiger charge is 2.40. The molecule has 2 heterocycles. The number of rotatable bonds is 5. The summed E-state index contributed by atoms with van der Waals surface area (Å²) in [6.07, 6.45) is 3.22. The highest BCUT2D eigenvalue weighted by atomic mass is 32.2. The van der Waals surface area contributed by atoms with Gasteiger partial charge >= 0.3 is 6.09 Å². The molecule has 1 aliphatic heterocycles. The Bertz CT molecular complexity index is 653. The molecular formula is C13H22N4O4S. The molecule has 1 atom stereocenters. The van der Waals surface area contributed by atoms with E-state index in [2.05, 4.69) is 5.10 Å². The Morgan fingerprint density at radius 3 is 2.73 bits per heavy atom. The smallest absolute Gasteiger partial charge is 0.407 e. The molecule has 9 heteroatoms. The molecule has 2 rings (SSSR count). The van der Waals surface area contributed by atoms with Crippen molar-refractivity contribution in [1.82, 2.24) is 14.7 Å². The molecule has 3 N–H and O–H groups in total. The van der Waals surface area contributed by atoms with Crippen LogP contribution in [-0.2, 0) is 16.6 Å². The Morgan fingerprint density at radius 2 is 2.23 bits per heavy atom. The number of aromatic nitrogens is 2. The van der Waals surface area contributed by atoms with E-state index in [-0.39, 0.29) is 10.6 Å². The van der Waals surface area contributed by atoms with Gasteiger partial charge in [-0.05, 0) is 45.1 Å². The Kier molecular flexibility index (Phi) is 4.48. The van der Waals surface area contributed by atoms with Crippen LogP contribution in [0, 0.1) is 5.92 Å². The van der Waals surface area contributed by atoms with Crippen molar-refractivity contribution in [2.75, 3.05) is 6.54 Å². The highest BCUT2D eigenvalue weighted by Crippen LogP contribution is 2.34. The molecule has 1 aromatic heterocycles. The average Bonchev–Trinajstić information content (AvgIpc) is 2.93. The molecule has 1 fully saturated rings. The van der Waals surface area contributed by atoms with Crippen molar-refractivity contribution < 1.29 is 18.3 Å². The SMILES string of the molecule is CC1(C)CC(CCCn2ccc(S(N)(=O)=O)n2)CN1C(=O)O. The molecular weight excluding hydrogens is 308 g/mol. The predicted octanol–water partition coefficient (Wildman–Crippen LogP) is 1.09. The molecule has 0 radical (unpaired) electrons. The maximum atomic E-state index is 11.2. The Balaban J connectivity index is 1.85. The van der Waals surface area contributed by atoms with E-state index in [1.165, 1.54) is 11.0 Å². The van der Waals surface area contributed by atoms with Crippen LogP contribution >= 0.6 is 0 Å². The van der Waals surface area contributed by atoms with Crippen molar-refractivity contribution in [3.05, 3.63) is 12.3 Å². The first kappa shape index (κ1) is 16.8. The monoisotopic (exact) mass is 330 g/mol. The standard InChI is InChI=1S/C13H22N4O4S/c1-13(2)8-10(9-17(13)12(18)19)4-3-6-16-7-5-11(15-16)22(14,20)21/h5,7,10H,3-4,6,8-9H2,1-2H3,(H,18,19)(H2,14,20,21). The normalized spacial score (nSPS) is 21.2. The van der Waals surface area contributed by atoms with Crippen LogP contribution in [0.4, 0.5) is 4.79 Å². The number of nitrogens with two attached hydrogens (primary N) is 1. The van der Waals surface area contributed by atoms with Crippen LogP contribution in [-0.4, -0.2) is 46.4 Å². The molecule has 124 valence electrons. The summed E-state index contributed by atoms with van der Waals surface area (Å²) < 4.78 is 23.8. The fourth-order valence-corrected chi connectivity index (χ4v) is 3.55. The van der Waals surface area contributed by atoms with Crippen molar-refractivity contribution in [2.45, 2.75) is 50.2 Å². The molecule has 0 saturated carbocycles. The average molecular weight is 330 g/mol. The summed E-state index contributed by atoms with van der Waals surface area (Å²) in [5.41, 5.74) is -0.330. The maximum absolute atomic E-state index is 11.2. The number of nitrogens with zero attached hydrogens (tertiary/aromatic N) is 3. The van der Waals surface area contributed by atoms with Crippen LogP contribution in [0.5, 0.6) is 0 Å². The molecule has 0 spiro atoms. The van der Waals surface area contributed by atoms with Gasteiger partial charge in [0, 0.05) is 24.8 Å². The van der Waals surface area contributed by atoms with Crippen molar-refractivity contribution in [3.8, 4) is 0 Å². The van der Waals surface area contributed by atoms with Gasteiger partial charge in [0.05, 0.1) is 0 Å². The molecule has 0 aromatic carbocycles. The van der Waals surface area contributed by atoms with Gasteiger partial charge in [0.1, 0.15) is 0 Å². The van der Waals surface area contributed by atoms with E-state index >= 15 is 0 Å². The van der Waals surface area contributed by atoms with Gasteiger partial charge in [-0.1, -0.05) is 0 Å². The third kappa shape index (κ3) is 3.77. The fourth-order valence-electron chi connectivity index (χ4n) is 3.08. The summed E-state index contributed by atoms with van der Waals surface area (Å²) in [5.74, 6) is 0.319. The largest absolute Gasteiger partial charge is 0.465 e. The third-order valence-corrected chi connectivity index (χ3v) is 4.90. The molecule has 1 saturated heterocycles. The number of carboxylic acid groups (broad SMARTS) is 1. The third-order valence-electron chi connectivity index (χ3n) is 4.10. The zero-order valence-electron chi connectivity index (χ0n) is 12.8. The molecule has 22 heavy (non-hydrogen) atoms. The minimum absolute atomic E-state index is 0.133. The van der Waals surface area contributed by atoms with Crippen LogP contribution in [0.15, 0.2) is 17.3 Å². The molecule has 8 nitrogen and oxygen atoms in total. The van der Waals surface area contributed by atoms with Gasteiger partial charge in [-0.15, -0.1) is 0 Å². The lowest BCUT2D eigenvalue weighted by Gasteiger charge is -2.28. The summed E-state index contributed by atoms with van der Waals surface area (Å²) >= 11 is 0. The Morgan fingerprint density at radius 1 is 1.55 bits per heavy atom. The van der Waals surface area contributed by atoms with Gasteiger partial charge in [-0.3, -0.25) is 4.68 Å². The van der Waals surface area contributed by atoms with E-state index < -0.39 is 16.1 Å². The number of hydrogen-bond donors (Lipinski definition) is 2. The summed E-state index contributed by atoms with van der Waals surface area (Å²) in [7, 11) is -3.76. The summed E-state index contributed by atoms with van der Waals surface area (Å²) in [5, 5.41) is 18.0. The number of sulfonamides is 1. The Labute approximate surface area is 129 Å². The second-order valence-corrected chi connectivity index (χ2v) is 7.89. The summed E-state index contributed by atoms with van der Waals surface area (Å²) in [6.45, 7) is 5.00. The molecule has 1 unspecified atom stereocenters. The van der Waals surface area contributed by atoms with Gasteiger partial charge in [0.15, 0.2) is 5.03 Å². The fraction of sp³-hybridized carbons (Fsp3) is 0.692. The van der Waals surface area contributed by atoms with Crippen LogP contribution in [0.3, 0.4) is 0 Å². The second-order valence-electron chi connectivity index (χ2n) is 6.38. The second kappa shape index (κ2) is 5.88. The highest BCUT2D eigenvalue weighted by molar-refractivity contribution is 7.89. The van der Waals surface area contributed by atoms with Crippen molar-refractivity contribution in [1.29, 1.82) is 0 Å². The van der Waals surface area contributed by atoms with Gasteiger partial charge in [-0.25, -0.2) is 18.4 Å². The van der Waals surface area contributed by atoms with Crippen molar-refractivity contribution in [3.63, 3.8) is 0 Å². The van der Waals surface area contributed by atoms with Gasteiger partial charge in [0.2, 0.25) is 0 Å². The summed E-state index contributed by atoms with van der Waals surface area (Å²) in [6, 6.07) is 1.38. The lowest BCUT2D eigenvalue weighted by molar-refractivity contribution is 0.117. The molecule has 1 aromatic rings. The van der Waals surface area contributed by atoms with E-state index in [9.17, 15) is 18.3 Å². The Hall–Kier alpha value is -1.61. The van der Waals surface area contributed by atoms with Crippen LogP contribution in [0.2, 0.25) is 0 Å². The lowest BCUT2D eigenvalue weighted by Crippen LogP contribution is -2.41. The van der Waals surface area contributed by atoms with Gasteiger partial charge in [-0.2, -0.15) is 5.10 Å². The maximum Gasteiger partial charge on any atom is 0.407 e. The minimum atomic E-state index is -3.76. The van der Waals surface area contributed by atoms with Crippen LogP contribution in [0.1, 0.15) is 33.1 Å². The van der Waals surface area contributed by atoms with Crippen molar-refractivity contribution in [2.24, 2.45) is 11.1 Å². The number of likely N-dealkylation sites (tertiary alicyclic amines) is 1. The number of amides is 1. The number of carbonyl (C=O) groups is 1. The van der Waals surface area contributed by atoms with E-state index in [1.807, 2.05) is 13.8 Å². The quantitative estimate of drug-likeness (QED) is 0.837. The van der Waals surface area contributed by atoms with E-state index in [1.54, 1.807) is 10.9 Å². The first-order valence-electron chi connectivity index (χ1n) is 7.16. The topological polar surface area (TPSA) is 119 Å². The van der Waals surface area contributed by atoms with Crippen LogP contribution < -0.4 is 5.14 Å². The van der Waals surface area contributed by atoms with E-state index in [0.29, 0.717) is 19.0 Å². The molecule has 0 bridgehead atoms. The number of hydrogen-bond acceptors (Lipinski definition) is 4. The number of aryl methyl sites for hydroxylation is 1. The molecule has 1 aliphatic rings. The van der Waals surface area contributed by atoms with Crippen molar-refractivity contribution >= 4 is 16.1 Å². The first-order chi connectivity index (χ1) is 10.1. The lowest BCUT2D eigenvalue weighted by atomic mass is 9.93. The summed E-state index contributed by atoms with van der Waals surface area (Å²) in [4.78, 5) is 12.7. The predicted molar refractivity (Wildman–Crippen MR) is 79.8 cm³/mol. The van der Waals surface area contributed by atoms with Crippen LogP contribution in [0.25, 0.3) is 0 Å². The minimum Gasteiger partial charge on any atom is -0.465 e. The van der Waals surface area contributed by atoms with E-state index in [4.69, 9.17) is 5.14 Å².